The van der Waals surface area contributed by atoms with Crippen LogP contribution in [0.4, 0.5) is 0 Å². The van der Waals surface area contributed by atoms with Gasteiger partial charge in [0.15, 0.2) is 0 Å². The number of nitrogens with zero attached hydrogens (tertiary/aromatic N) is 1. The van der Waals surface area contributed by atoms with E-state index in [4.69, 9.17) is 0 Å². The standard InChI is InChI=1S/C15H32N2/c1-5-10-15(6-2)11-9-12-16-13-14-17(7-3)8-4/h11,16H,5-10,12-14H2,1-4H3. The summed E-state index contributed by atoms with van der Waals surface area (Å²) >= 11 is 0. The third-order valence-electron chi connectivity index (χ3n) is 3.28. The summed E-state index contributed by atoms with van der Waals surface area (Å²) < 4.78 is 0. The molecule has 102 valence electrons. The minimum Gasteiger partial charge on any atom is -0.315 e. The maximum absolute atomic E-state index is 3.52. The topological polar surface area (TPSA) is 15.3 Å². The van der Waals surface area contributed by atoms with E-state index >= 15 is 0 Å². The molecule has 0 heterocycles. The molecule has 2 nitrogen and oxygen atoms in total. The molecule has 0 amide bonds. The van der Waals surface area contributed by atoms with Crippen molar-refractivity contribution in [3.63, 3.8) is 0 Å². The lowest BCUT2D eigenvalue weighted by atomic mass is 10.1. The Morgan fingerprint density at radius 3 is 2.29 bits per heavy atom. The Morgan fingerprint density at radius 1 is 1.06 bits per heavy atom. The average Bonchev–Trinajstić information content (AvgIpc) is 2.36. The van der Waals surface area contributed by atoms with Crippen molar-refractivity contribution >= 4 is 0 Å². The Balaban J connectivity index is 3.50. The van der Waals surface area contributed by atoms with Gasteiger partial charge in [-0.3, -0.25) is 0 Å². The van der Waals surface area contributed by atoms with Crippen LogP contribution in [0.2, 0.25) is 0 Å². The van der Waals surface area contributed by atoms with E-state index in [-0.39, 0.29) is 0 Å². The Bertz CT molecular complexity index is 183. The van der Waals surface area contributed by atoms with Crippen LogP contribution in [-0.4, -0.2) is 37.6 Å². The van der Waals surface area contributed by atoms with Crippen molar-refractivity contribution in [3.8, 4) is 0 Å². The van der Waals surface area contributed by atoms with Gasteiger partial charge in [0, 0.05) is 13.1 Å². The number of likely N-dealkylation sites (N-methyl/N-ethyl adjacent to an activating group) is 1. The van der Waals surface area contributed by atoms with Gasteiger partial charge in [-0.1, -0.05) is 45.8 Å². The molecule has 1 N–H and O–H groups in total. The summed E-state index contributed by atoms with van der Waals surface area (Å²) in [5, 5.41) is 3.52. The van der Waals surface area contributed by atoms with Crippen molar-refractivity contribution in [2.75, 3.05) is 32.7 Å². The van der Waals surface area contributed by atoms with Crippen molar-refractivity contribution in [3.05, 3.63) is 11.6 Å². The van der Waals surface area contributed by atoms with E-state index in [0.717, 1.165) is 26.2 Å². The fourth-order valence-corrected chi connectivity index (χ4v) is 2.02. The zero-order chi connectivity index (χ0) is 12.9. The monoisotopic (exact) mass is 240 g/mol. The summed E-state index contributed by atoms with van der Waals surface area (Å²) in [5.41, 5.74) is 1.62. The van der Waals surface area contributed by atoms with Crippen LogP contribution in [0.15, 0.2) is 11.6 Å². The van der Waals surface area contributed by atoms with Gasteiger partial charge in [0.05, 0.1) is 0 Å². The van der Waals surface area contributed by atoms with E-state index in [9.17, 15) is 0 Å². The van der Waals surface area contributed by atoms with Crippen LogP contribution >= 0.6 is 0 Å². The van der Waals surface area contributed by atoms with Gasteiger partial charge in [-0.25, -0.2) is 0 Å². The Morgan fingerprint density at radius 2 is 1.76 bits per heavy atom. The number of hydrogen-bond donors (Lipinski definition) is 1. The lowest BCUT2D eigenvalue weighted by Gasteiger charge is -2.17. The lowest BCUT2D eigenvalue weighted by molar-refractivity contribution is 0.303. The predicted molar refractivity (Wildman–Crippen MR) is 78.6 cm³/mol. The molecular formula is C15H32N2. The molecule has 0 aromatic rings. The van der Waals surface area contributed by atoms with Crippen molar-refractivity contribution in [2.45, 2.75) is 53.4 Å². The molecule has 0 fully saturated rings. The molecule has 0 aliphatic heterocycles. The Kier molecular flexibility index (Phi) is 11.9. The van der Waals surface area contributed by atoms with Crippen LogP contribution in [0.1, 0.15) is 53.4 Å². The summed E-state index contributed by atoms with van der Waals surface area (Å²) in [4.78, 5) is 2.46. The first-order valence-electron chi connectivity index (χ1n) is 7.39. The molecule has 2 heteroatoms. The molecule has 0 saturated carbocycles. The number of nitrogens with one attached hydrogen (secondary N) is 1. The largest absolute Gasteiger partial charge is 0.315 e. The highest BCUT2D eigenvalue weighted by atomic mass is 15.1. The molecule has 0 spiro atoms. The number of allylic oxidation sites excluding steroid dienone is 1. The maximum Gasteiger partial charge on any atom is 0.0107 e. The van der Waals surface area contributed by atoms with Crippen LogP contribution in [0.3, 0.4) is 0 Å². The van der Waals surface area contributed by atoms with Crippen LogP contribution in [-0.2, 0) is 0 Å². The minimum absolute atomic E-state index is 1.12. The molecule has 0 saturated heterocycles. The van der Waals surface area contributed by atoms with E-state index in [1.54, 1.807) is 5.57 Å². The fraction of sp³-hybridized carbons (Fsp3) is 0.867. The smallest absolute Gasteiger partial charge is 0.0107 e. The van der Waals surface area contributed by atoms with Gasteiger partial charge < -0.3 is 10.2 Å². The molecular weight excluding hydrogens is 208 g/mol. The van der Waals surface area contributed by atoms with Crippen LogP contribution < -0.4 is 5.32 Å². The normalized spacial score (nSPS) is 12.4. The Labute approximate surface area is 108 Å². The number of hydrogen-bond acceptors (Lipinski definition) is 2. The quantitative estimate of drug-likeness (QED) is 0.439. The first kappa shape index (κ1) is 16.7. The second-order valence-corrected chi connectivity index (χ2v) is 4.53. The van der Waals surface area contributed by atoms with Crippen molar-refractivity contribution < 1.29 is 0 Å². The van der Waals surface area contributed by atoms with Crippen LogP contribution in [0.25, 0.3) is 0 Å². The van der Waals surface area contributed by atoms with Gasteiger partial charge in [-0.2, -0.15) is 0 Å². The van der Waals surface area contributed by atoms with Crippen molar-refractivity contribution in [2.24, 2.45) is 0 Å². The number of rotatable bonds is 11. The average molecular weight is 240 g/mol. The first-order valence-corrected chi connectivity index (χ1v) is 7.39. The van der Waals surface area contributed by atoms with E-state index in [2.05, 4.69) is 44.0 Å². The highest BCUT2D eigenvalue weighted by Gasteiger charge is 1.97. The molecule has 0 bridgehead atoms. The van der Waals surface area contributed by atoms with Gasteiger partial charge in [-0.05, 0) is 38.9 Å². The van der Waals surface area contributed by atoms with Gasteiger partial charge in [-0.15, -0.1) is 0 Å². The molecule has 0 aromatic carbocycles. The SMILES string of the molecule is CCCC(=CCCNCCN(CC)CC)CC. The van der Waals surface area contributed by atoms with Crippen LogP contribution in [0.5, 0.6) is 0 Å². The molecule has 0 aliphatic carbocycles. The molecule has 0 unspecified atom stereocenters. The van der Waals surface area contributed by atoms with E-state index in [1.807, 2.05) is 0 Å². The summed E-state index contributed by atoms with van der Waals surface area (Å²) in [5.74, 6) is 0. The molecule has 17 heavy (non-hydrogen) atoms. The molecule has 0 atom stereocenters. The highest BCUT2D eigenvalue weighted by molar-refractivity contribution is 5.00. The van der Waals surface area contributed by atoms with Crippen molar-refractivity contribution in [1.82, 2.24) is 10.2 Å². The summed E-state index contributed by atoms with van der Waals surface area (Å²) in [6.45, 7) is 14.7. The first-order chi connectivity index (χ1) is 8.28. The summed E-state index contributed by atoms with van der Waals surface area (Å²) in [6, 6.07) is 0. The molecule has 0 aliphatic rings. The van der Waals surface area contributed by atoms with E-state index < -0.39 is 0 Å². The highest BCUT2D eigenvalue weighted by Crippen LogP contribution is 2.09. The van der Waals surface area contributed by atoms with E-state index in [0.29, 0.717) is 0 Å². The molecule has 0 aromatic heterocycles. The van der Waals surface area contributed by atoms with Gasteiger partial charge in [0.1, 0.15) is 0 Å². The fourth-order valence-electron chi connectivity index (χ4n) is 2.02. The molecule has 0 rings (SSSR count). The summed E-state index contributed by atoms with van der Waals surface area (Å²) in [6.07, 6.45) is 7.37. The molecule has 0 radical (unpaired) electrons. The summed E-state index contributed by atoms with van der Waals surface area (Å²) in [7, 11) is 0. The van der Waals surface area contributed by atoms with E-state index in [1.165, 1.54) is 32.2 Å². The predicted octanol–water partition coefficient (Wildman–Crippen LogP) is 3.44. The lowest BCUT2D eigenvalue weighted by Crippen LogP contribution is -2.32. The second-order valence-electron chi connectivity index (χ2n) is 4.53. The van der Waals surface area contributed by atoms with Gasteiger partial charge >= 0.3 is 0 Å². The van der Waals surface area contributed by atoms with Crippen LogP contribution in [0, 0.1) is 0 Å². The van der Waals surface area contributed by atoms with Gasteiger partial charge in [0.25, 0.3) is 0 Å². The third kappa shape index (κ3) is 9.37. The van der Waals surface area contributed by atoms with Crippen molar-refractivity contribution in [1.29, 1.82) is 0 Å². The maximum atomic E-state index is 3.52. The zero-order valence-corrected chi connectivity index (χ0v) is 12.4. The minimum atomic E-state index is 1.12. The Hall–Kier alpha value is -0.340. The van der Waals surface area contributed by atoms with Gasteiger partial charge in [0.2, 0.25) is 0 Å². The third-order valence-corrected chi connectivity index (χ3v) is 3.28. The zero-order valence-electron chi connectivity index (χ0n) is 12.4. The second kappa shape index (κ2) is 12.1.